The van der Waals surface area contributed by atoms with Crippen LogP contribution in [0.15, 0.2) is 48.5 Å². The topological polar surface area (TPSA) is 130 Å². The van der Waals surface area contributed by atoms with Crippen molar-refractivity contribution in [2.24, 2.45) is 5.73 Å². The highest BCUT2D eigenvalue weighted by atomic mass is 19.1. The summed E-state index contributed by atoms with van der Waals surface area (Å²) in [7, 11) is 0. The van der Waals surface area contributed by atoms with E-state index in [2.05, 4.69) is 29.7 Å². The van der Waals surface area contributed by atoms with Gasteiger partial charge in [0, 0.05) is 38.3 Å². The maximum absolute atomic E-state index is 13.3. The van der Waals surface area contributed by atoms with Crippen molar-refractivity contribution < 1.29 is 9.18 Å². The van der Waals surface area contributed by atoms with E-state index in [0.717, 1.165) is 49.4 Å². The minimum atomic E-state index is -0.331. The van der Waals surface area contributed by atoms with Crippen LogP contribution in [0, 0.1) is 5.82 Å². The first-order chi connectivity index (χ1) is 16.5. The fourth-order valence-corrected chi connectivity index (χ4v) is 4.30. The molecule has 174 valence electrons. The minimum absolute atomic E-state index is 0.155. The quantitative estimate of drug-likeness (QED) is 0.402. The number of amides is 1. The van der Waals surface area contributed by atoms with Crippen LogP contribution in [0.5, 0.6) is 0 Å². The van der Waals surface area contributed by atoms with Gasteiger partial charge in [0.1, 0.15) is 17.2 Å². The van der Waals surface area contributed by atoms with Gasteiger partial charge in [-0.15, -0.1) is 0 Å². The standard InChI is InChI=1S/C24H25FN8O/c25-18-7-5-15(6-8-18)21-28-20-22(29-21)30-24(27)31-23(20)33-11-9-32(10-12-33)14-17-4-2-1-3-16(17)13-19(26)34/h1-8H,9-14H2,(H2,26,34)(H3,27,28,29,30,31). The predicted molar refractivity (Wildman–Crippen MR) is 128 cm³/mol. The van der Waals surface area contributed by atoms with E-state index in [1.165, 1.54) is 12.1 Å². The van der Waals surface area contributed by atoms with E-state index >= 15 is 0 Å². The first kappa shape index (κ1) is 21.8. The van der Waals surface area contributed by atoms with Crippen LogP contribution in [0.25, 0.3) is 22.6 Å². The number of nitrogen functional groups attached to an aromatic ring is 1. The van der Waals surface area contributed by atoms with Crippen LogP contribution in [0.2, 0.25) is 0 Å². The Bertz CT molecular complexity index is 1330. The van der Waals surface area contributed by atoms with Gasteiger partial charge in [-0.1, -0.05) is 24.3 Å². The molecule has 0 bridgehead atoms. The molecule has 1 fully saturated rings. The number of piperazine rings is 1. The molecule has 2 aromatic heterocycles. The Balaban J connectivity index is 1.34. The smallest absolute Gasteiger partial charge is 0.224 e. The largest absolute Gasteiger partial charge is 0.369 e. The minimum Gasteiger partial charge on any atom is -0.369 e. The molecule has 1 aliphatic rings. The van der Waals surface area contributed by atoms with Gasteiger partial charge in [-0.25, -0.2) is 9.37 Å². The third-order valence-electron chi connectivity index (χ3n) is 6.02. The molecule has 10 heteroatoms. The molecule has 0 spiro atoms. The maximum atomic E-state index is 13.3. The lowest BCUT2D eigenvalue weighted by Crippen LogP contribution is -2.46. The van der Waals surface area contributed by atoms with E-state index in [0.29, 0.717) is 22.8 Å². The van der Waals surface area contributed by atoms with Gasteiger partial charge in [-0.2, -0.15) is 9.97 Å². The Morgan fingerprint density at radius 1 is 0.971 bits per heavy atom. The highest BCUT2D eigenvalue weighted by Crippen LogP contribution is 2.28. The number of rotatable bonds is 6. The monoisotopic (exact) mass is 460 g/mol. The fourth-order valence-electron chi connectivity index (χ4n) is 4.30. The lowest BCUT2D eigenvalue weighted by atomic mass is 10.0. The van der Waals surface area contributed by atoms with Crippen LogP contribution in [-0.4, -0.2) is 56.9 Å². The van der Waals surface area contributed by atoms with Gasteiger partial charge >= 0.3 is 0 Å². The van der Waals surface area contributed by atoms with Crippen LogP contribution in [0.1, 0.15) is 11.1 Å². The number of imidazole rings is 1. The average Bonchev–Trinajstić information content (AvgIpc) is 3.24. The third kappa shape index (κ3) is 4.53. The number of hydrogen-bond acceptors (Lipinski definition) is 7. The van der Waals surface area contributed by atoms with E-state index in [1.807, 2.05) is 24.3 Å². The molecule has 1 saturated heterocycles. The molecule has 4 aromatic rings. The Morgan fingerprint density at radius 3 is 2.38 bits per heavy atom. The molecule has 0 aliphatic carbocycles. The number of carbonyl (C=O) groups excluding carboxylic acids is 1. The Morgan fingerprint density at radius 2 is 1.68 bits per heavy atom. The number of halogens is 1. The number of fused-ring (bicyclic) bond motifs is 1. The second-order valence-electron chi connectivity index (χ2n) is 8.37. The number of H-pyrrole nitrogens is 1. The molecule has 0 atom stereocenters. The van der Waals surface area contributed by atoms with Crippen LogP contribution < -0.4 is 16.4 Å². The molecule has 34 heavy (non-hydrogen) atoms. The SMILES string of the molecule is NC(=O)Cc1ccccc1CN1CCN(c2nc(N)nc3nc(-c4ccc(F)cc4)[nH]c23)CC1. The number of anilines is 2. The van der Waals surface area contributed by atoms with Gasteiger partial charge in [-0.05, 0) is 35.4 Å². The number of aromatic nitrogens is 4. The molecule has 0 unspecified atom stereocenters. The third-order valence-corrected chi connectivity index (χ3v) is 6.02. The van der Waals surface area contributed by atoms with E-state index in [9.17, 15) is 9.18 Å². The number of benzene rings is 2. The summed E-state index contributed by atoms with van der Waals surface area (Å²) in [5.41, 5.74) is 15.4. The summed E-state index contributed by atoms with van der Waals surface area (Å²) >= 11 is 0. The molecule has 5 rings (SSSR count). The fraction of sp³-hybridized carbons (Fsp3) is 0.250. The Hall–Kier alpha value is -4.05. The van der Waals surface area contributed by atoms with Gasteiger partial charge in [0.2, 0.25) is 11.9 Å². The van der Waals surface area contributed by atoms with Gasteiger partial charge in [0.25, 0.3) is 0 Å². The Kier molecular flexibility index (Phi) is 5.81. The molecular weight excluding hydrogens is 435 g/mol. The van der Waals surface area contributed by atoms with Crippen molar-refractivity contribution in [3.8, 4) is 11.4 Å². The molecule has 0 radical (unpaired) electrons. The van der Waals surface area contributed by atoms with Crippen LogP contribution in [0.3, 0.4) is 0 Å². The van der Waals surface area contributed by atoms with Gasteiger partial charge in [0.05, 0.1) is 6.42 Å². The zero-order chi connectivity index (χ0) is 23.7. The maximum Gasteiger partial charge on any atom is 0.224 e. The summed E-state index contributed by atoms with van der Waals surface area (Å²) in [4.78, 5) is 32.5. The summed E-state index contributed by atoms with van der Waals surface area (Å²) in [5.74, 6) is 0.808. The van der Waals surface area contributed by atoms with Crippen molar-refractivity contribution in [1.82, 2.24) is 24.8 Å². The highest BCUT2D eigenvalue weighted by Gasteiger charge is 2.23. The second-order valence-corrected chi connectivity index (χ2v) is 8.37. The van der Waals surface area contributed by atoms with Gasteiger partial charge in [-0.3, -0.25) is 9.69 Å². The normalized spacial score (nSPS) is 14.6. The first-order valence-electron chi connectivity index (χ1n) is 11.1. The molecule has 9 nitrogen and oxygen atoms in total. The molecular formula is C24H25FN8O. The van der Waals surface area contributed by atoms with E-state index in [4.69, 9.17) is 11.5 Å². The number of carbonyl (C=O) groups is 1. The zero-order valence-corrected chi connectivity index (χ0v) is 18.5. The van der Waals surface area contributed by atoms with Crippen molar-refractivity contribution in [2.45, 2.75) is 13.0 Å². The molecule has 0 saturated carbocycles. The first-order valence-corrected chi connectivity index (χ1v) is 11.1. The summed E-state index contributed by atoms with van der Waals surface area (Å²) in [5, 5.41) is 0. The molecule has 1 amide bonds. The number of primary amides is 1. The van der Waals surface area contributed by atoms with Crippen molar-refractivity contribution in [2.75, 3.05) is 36.8 Å². The number of nitrogens with zero attached hydrogens (tertiary/aromatic N) is 5. The average molecular weight is 461 g/mol. The van der Waals surface area contributed by atoms with Gasteiger partial charge < -0.3 is 21.4 Å². The highest BCUT2D eigenvalue weighted by molar-refractivity contribution is 5.87. The van der Waals surface area contributed by atoms with Crippen molar-refractivity contribution in [3.05, 3.63) is 65.5 Å². The van der Waals surface area contributed by atoms with E-state index in [1.54, 1.807) is 12.1 Å². The zero-order valence-electron chi connectivity index (χ0n) is 18.5. The number of hydrogen-bond donors (Lipinski definition) is 3. The van der Waals surface area contributed by atoms with Crippen LogP contribution in [-0.2, 0) is 17.8 Å². The van der Waals surface area contributed by atoms with Crippen LogP contribution in [0.4, 0.5) is 16.2 Å². The van der Waals surface area contributed by atoms with E-state index in [-0.39, 0.29) is 24.1 Å². The number of nitrogens with one attached hydrogen (secondary N) is 1. The lowest BCUT2D eigenvalue weighted by molar-refractivity contribution is -0.117. The van der Waals surface area contributed by atoms with Crippen molar-refractivity contribution >= 4 is 28.8 Å². The number of aromatic amines is 1. The molecule has 1 aliphatic heterocycles. The second kappa shape index (κ2) is 9.06. The summed E-state index contributed by atoms with van der Waals surface area (Å²) in [6, 6.07) is 14.0. The van der Waals surface area contributed by atoms with Crippen LogP contribution >= 0.6 is 0 Å². The van der Waals surface area contributed by atoms with Gasteiger partial charge in [0.15, 0.2) is 11.5 Å². The molecule has 5 N–H and O–H groups in total. The summed E-state index contributed by atoms with van der Waals surface area (Å²) in [6.45, 7) is 3.87. The summed E-state index contributed by atoms with van der Waals surface area (Å²) < 4.78 is 13.3. The van der Waals surface area contributed by atoms with Crippen molar-refractivity contribution in [1.29, 1.82) is 0 Å². The molecule has 2 aromatic carbocycles. The Labute approximate surface area is 195 Å². The predicted octanol–water partition coefficient (Wildman–Crippen LogP) is 2.09. The van der Waals surface area contributed by atoms with E-state index < -0.39 is 0 Å². The number of nitrogens with two attached hydrogens (primary N) is 2. The molecule has 3 heterocycles. The summed E-state index contributed by atoms with van der Waals surface area (Å²) in [6.07, 6.45) is 0.241. The van der Waals surface area contributed by atoms with Crippen molar-refractivity contribution in [3.63, 3.8) is 0 Å². The lowest BCUT2D eigenvalue weighted by Gasteiger charge is -2.35.